The van der Waals surface area contributed by atoms with E-state index in [0.29, 0.717) is 74.9 Å². The van der Waals surface area contributed by atoms with Gasteiger partial charge in [-0.25, -0.2) is 4.79 Å². The Hall–Kier alpha value is -4.77. The number of hydrogen-bond donors (Lipinski definition) is 6. The van der Waals surface area contributed by atoms with Crippen molar-refractivity contribution in [2.45, 2.75) is 132 Å². The summed E-state index contributed by atoms with van der Waals surface area (Å²) in [5.74, 6) is -6.06. The number of likely N-dealkylation sites (tertiary alicyclic amines) is 1. The van der Waals surface area contributed by atoms with Crippen LogP contribution in [-0.4, -0.2) is 173 Å². The van der Waals surface area contributed by atoms with Crippen molar-refractivity contribution in [2.24, 2.45) is 17.6 Å². The van der Waals surface area contributed by atoms with Gasteiger partial charge < -0.3 is 41.1 Å². The smallest absolute Gasteiger partial charge is 0.329 e. The summed E-state index contributed by atoms with van der Waals surface area (Å²) >= 11 is 6.69. The molecule has 5 aliphatic rings. The summed E-state index contributed by atoms with van der Waals surface area (Å²) < 4.78 is 5.69. The van der Waals surface area contributed by atoms with Gasteiger partial charge in [-0.2, -0.15) is 12.6 Å². The molecule has 73 heavy (non-hydrogen) atoms. The van der Waals surface area contributed by atoms with Gasteiger partial charge in [-0.1, -0.05) is 54.9 Å². The molecule has 22 heteroatoms. The van der Waals surface area contributed by atoms with Crippen molar-refractivity contribution in [1.82, 2.24) is 36.0 Å². The molecule has 6 amide bonds. The fourth-order valence-corrected chi connectivity index (χ4v) is 12.5. The van der Waals surface area contributed by atoms with Crippen molar-refractivity contribution >= 4 is 99.8 Å². The van der Waals surface area contributed by atoms with Crippen LogP contribution in [0.4, 0.5) is 0 Å². The first-order chi connectivity index (χ1) is 35.0. The van der Waals surface area contributed by atoms with E-state index in [-0.39, 0.29) is 75.7 Å². The van der Waals surface area contributed by atoms with Crippen LogP contribution in [0.3, 0.4) is 0 Å². The molecule has 4 aliphatic heterocycles. The molecule has 1 aromatic carbocycles. The number of Topliss-reactive ketones (excluding diaryl/α,β-unsaturated/α-hetero) is 2. The molecule has 1 aromatic rings. The number of nitrogens with one attached hydrogen (secondary N) is 4. The molecule has 0 bridgehead atoms. The van der Waals surface area contributed by atoms with Gasteiger partial charge in [0, 0.05) is 74.5 Å². The first-order valence-electron chi connectivity index (χ1n) is 25.6. The van der Waals surface area contributed by atoms with Crippen LogP contribution >= 0.6 is 36.2 Å². The lowest BCUT2D eigenvalue weighted by Gasteiger charge is -2.29. The third-order valence-corrected chi connectivity index (χ3v) is 16.9. The lowest BCUT2D eigenvalue weighted by molar-refractivity contribution is -0.155. The Morgan fingerprint density at radius 2 is 1.59 bits per heavy atom. The van der Waals surface area contributed by atoms with Crippen LogP contribution in [-0.2, 0) is 59.1 Å². The first-order valence-corrected chi connectivity index (χ1v) is 28.2. The summed E-state index contributed by atoms with van der Waals surface area (Å²) in [7, 11) is 3.85. The SMILES string of the molecule is CN(C)CCCC[C@@H]1CC(=O)[C@H](CS)SC(=O)C[C@@H](C(=O)N2CCC[C@H]2C(N)=O)NC(=O)[C@H](CCCCNC(=O)C2CSCN2)CC(=O)[C@@H]2CCCN2C(=O)COC(=O)[C@H](CC2=CCc3ccccc32)NC1=O. The standard InChI is InChI=1S/C51H72N8O11S3/c1-57(2)20-8-6-13-34-25-42(61)43(28-71)73-45(63)26-36(50(68)59-22-10-16-40(59)46(52)64)55-47(65)33(12-5-7-19-53-49(67)38-29-72-30-54-38)24-41(60)39-15-9-21-58(39)44(62)27-70-51(69)37(56-48(34)66)23-32-18-17-31-11-3-4-14-35(31)32/h3-4,11,14,18,33-34,36-40,43,54,71H,5-10,12-13,15-17,19-30H2,1-2H3,(H2,52,64)(H,53,67)(H,55,65)(H,56,66)/t33-,34-,36+,37+,38?,39+,40+,43+/m1/s1. The fourth-order valence-electron chi connectivity index (χ4n) is 10.2. The maximum atomic E-state index is 14.5. The Morgan fingerprint density at radius 3 is 2.30 bits per heavy atom. The molecule has 6 rings (SSSR count). The highest BCUT2D eigenvalue weighted by molar-refractivity contribution is 8.15. The minimum atomic E-state index is -1.51. The van der Waals surface area contributed by atoms with Crippen molar-refractivity contribution in [1.29, 1.82) is 0 Å². The first kappa shape index (κ1) is 57.5. The van der Waals surface area contributed by atoms with Gasteiger partial charge in [0.25, 0.3) is 5.91 Å². The van der Waals surface area contributed by atoms with Gasteiger partial charge in [-0.05, 0) is 95.1 Å². The Bertz CT molecular complexity index is 2240. The number of unbranched alkanes of at least 4 members (excludes halogenated alkanes) is 2. The number of carbonyl (C=O) groups is 10. The number of cyclic esters (lactones) is 1. The summed E-state index contributed by atoms with van der Waals surface area (Å²) in [6.07, 6.45) is 5.40. The number of thiol groups is 1. The number of primary amides is 1. The number of rotatable bonds is 16. The third-order valence-electron chi connectivity index (χ3n) is 14.2. The molecule has 0 aromatic heterocycles. The maximum absolute atomic E-state index is 14.5. The number of carbonyl (C=O) groups excluding carboxylic acids is 10. The molecule has 1 aliphatic carbocycles. The Balaban J connectivity index is 1.29. The monoisotopic (exact) mass is 1070 g/mol. The largest absolute Gasteiger partial charge is 0.454 e. The molecule has 0 saturated carbocycles. The van der Waals surface area contributed by atoms with Gasteiger partial charge in [0.2, 0.25) is 29.5 Å². The van der Waals surface area contributed by atoms with Crippen LogP contribution in [0.15, 0.2) is 30.3 Å². The molecule has 0 spiro atoms. The van der Waals surface area contributed by atoms with E-state index in [9.17, 15) is 47.9 Å². The van der Waals surface area contributed by atoms with E-state index >= 15 is 0 Å². The molecule has 8 atom stereocenters. The molecule has 4 heterocycles. The fraction of sp³-hybridized carbons (Fsp3) is 0.647. The lowest BCUT2D eigenvalue weighted by Crippen LogP contribution is -2.54. The van der Waals surface area contributed by atoms with Gasteiger partial charge in [0.1, 0.15) is 23.9 Å². The summed E-state index contributed by atoms with van der Waals surface area (Å²) in [5, 5.41) is 9.93. The Morgan fingerprint density at radius 1 is 0.877 bits per heavy atom. The zero-order valence-electron chi connectivity index (χ0n) is 41.9. The highest BCUT2D eigenvalue weighted by atomic mass is 32.2. The Labute approximate surface area is 441 Å². The normalized spacial score (nSPS) is 27.1. The average molecular weight is 1070 g/mol. The van der Waals surface area contributed by atoms with E-state index in [0.717, 1.165) is 23.2 Å². The zero-order valence-corrected chi connectivity index (χ0v) is 44.5. The number of amides is 6. The number of nitrogens with two attached hydrogens (primary N) is 1. The second kappa shape index (κ2) is 28.2. The number of allylic oxidation sites excluding steroid dienone is 1. The number of hydrogen-bond acceptors (Lipinski definition) is 16. The van der Waals surface area contributed by atoms with Crippen LogP contribution < -0.4 is 27.0 Å². The van der Waals surface area contributed by atoms with Crippen LogP contribution in [0, 0.1) is 11.8 Å². The molecule has 6 N–H and O–H groups in total. The second-order valence-corrected chi connectivity index (χ2v) is 22.5. The van der Waals surface area contributed by atoms with Gasteiger partial charge in [-0.3, -0.25) is 48.5 Å². The van der Waals surface area contributed by atoms with Crippen LogP contribution in [0.25, 0.3) is 5.57 Å². The quantitative estimate of drug-likeness (QED) is 0.0784. The molecule has 4 fully saturated rings. The summed E-state index contributed by atoms with van der Waals surface area (Å²) in [6.45, 7) is 0.639. The predicted octanol–water partition coefficient (Wildman–Crippen LogP) is 1.79. The molecule has 4 saturated heterocycles. The van der Waals surface area contributed by atoms with Crippen molar-refractivity contribution in [3.63, 3.8) is 0 Å². The molecule has 0 radical (unpaired) electrons. The van der Waals surface area contributed by atoms with E-state index in [4.69, 9.17) is 10.5 Å². The molecule has 1 unspecified atom stereocenters. The second-order valence-electron chi connectivity index (χ2n) is 19.8. The number of esters is 1. The molecule has 19 nitrogen and oxygen atoms in total. The van der Waals surface area contributed by atoms with E-state index in [2.05, 4.69) is 33.9 Å². The minimum Gasteiger partial charge on any atom is -0.454 e. The van der Waals surface area contributed by atoms with E-state index in [1.54, 1.807) is 11.8 Å². The summed E-state index contributed by atoms with van der Waals surface area (Å²) in [6, 6.07) is 2.70. The maximum Gasteiger partial charge on any atom is 0.329 e. The highest BCUT2D eigenvalue weighted by Gasteiger charge is 2.41. The van der Waals surface area contributed by atoms with Crippen molar-refractivity contribution in [3.05, 3.63) is 41.5 Å². The predicted molar refractivity (Wildman–Crippen MR) is 281 cm³/mol. The Kier molecular flexibility index (Phi) is 22.2. The molecular formula is C51H72N8O11S3. The minimum absolute atomic E-state index is 0.0374. The van der Waals surface area contributed by atoms with Gasteiger partial charge in [0.05, 0.1) is 17.3 Å². The number of nitrogens with zero attached hydrogens (tertiary/aromatic N) is 3. The van der Waals surface area contributed by atoms with Gasteiger partial charge >= 0.3 is 5.97 Å². The number of thioether (sulfide) groups is 2. The topological polar surface area (TPSA) is 264 Å². The van der Waals surface area contributed by atoms with Crippen molar-refractivity contribution in [2.75, 3.05) is 64.3 Å². The molecule has 400 valence electrons. The van der Waals surface area contributed by atoms with Gasteiger partial charge in [-0.15, -0.1) is 11.8 Å². The van der Waals surface area contributed by atoms with Crippen LogP contribution in [0.5, 0.6) is 0 Å². The third kappa shape index (κ3) is 16.4. The number of ketones is 2. The van der Waals surface area contributed by atoms with Crippen molar-refractivity contribution in [3.8, 4) is 0 Å². The van der Waals surface area contributed by atoms with E-state index in [1.807, 2.05) is 49.3 Å². The zero-order chi connectivity index (χ0) is 52.6. The van der Waals surface area contributed by atoms with Crippen LogP contribution in [0.1, 0.15) is 101 Å². The van der Waals surface area contributed by atoms with E-state index in [1.165, 1.54) is 9.80 Å². The summed E-state index contributed by atoms with van der Waals surface area (Å²) in [4.78, 5) is 144. The van der Waals surface area contributed by atoms with Crippen LogP contribution in [0.2, 0.25) is 0 Å². The summed E-state index contributed by atoms with van der Waals surface area (Å²) in [5.41, 5.74) is 8.46. The molecular weight excluding hydrogens is 997 g/mol. The lowest BCUT2D eigenvalue weighted by atomic mass is 9.91. The van der Waals surface area contributed by atoms with E-state index < -0.39 is 106 Å². The number of ether oxygens (including phenoxy) is 1. The highest BCUT2D eigenvalue weighted by Crippen LogP contribution is 2.32. The number of benzene rings is 1. The van der Waals surface area contributed by atoms with Gasteiger partial charge in [0.15, 0.2) is 17.5 Å². The van der Waals surface area contributed by atoms with Crippen molar-refractivity contribution < 1.29 is 52.7 Å². The average Bonchev–Trinajstić information content (AvgIpc) is 4.22. The number of fused-ring (bicyclic) bond motifs is 2.